The standard InChI is InChI=1S/C14H22FNO2/c1-11(2)16-14(3,10-17)8-9-18-13-6-4-12(15)5-7-13/h4-7,11,16-17H,8-10H2,1-3H3. The maximum Gasteiger partial charge on any atom is 0.123 e. The highest BCUT2D eigenvalue weighted by molar-refractivity contribution is 5.22. The third-order valence-corrected chi connectivity index (χ3v) is 2.72. The van der Waals surface area contributed by atoms with Gasteiger partial charge in [-0.3, -0.25) is 0 Å². The summed E-state index contributed by atoms with van der Waals surface area (Å²) in [7, 11) is 0. The number of rotatable bonds is 7. The molecular formula is C14H22FNO2. The van der Waals surface area contributed by atoms with Crippen LogP contribution in [0.2, 0.25) is 0 Å². The van der Waals surface area contributed by atoms with Crippen LogP contribution in [0.25, 0.3) is 0 Å². The smallest absolute Gasteiger partial charge is 0.123 e. The second-order valence-corrected chi connectivity index (χ2v) is 5.07. The highest BCUT2D eigenvalue weighted by Gasteiger charge is 2.23. The van der Waals surface area contributed by atoms with Gasteiger partial charge in [-0.05, 0) is 31.2 Å². The Bertz CT molecular complexity index is 353. The lowest BCUT2D eigenvalue weighted by atomic mass is 9.98. The molecule has 0 aliphatic heterocycles. The maximum absolute atomic E-state index is 12.7. The molecule has 0 aliphatic rings. The number of benzene rings is 1. The minimum absolute atomic E-state index is 0.0535. The molecular weight excluding hydrogens is 233 g/mol. The Morgan fingerprint density at radius 3 is 2.44 bits per heavy atom. The summed E-state index contributed by atoms with van der Waals surface area (Å²) in [6.07, 6.45) is 0.680. The molecule has 1 aromatic carbocycles. The van der Waals surface area contributed by atoms with Crippen molar-refractivity contribution in [1.29, 1.82) is 0 Å². The number of aliphatic hydroxyl groups excluding tert-OH is 1. The first-order valence-corrected chi connectivity index (χ1v) is 6.22. The Morgan fingerprint density at radius 2 is 1.94 bits per heavy atom. The molecule has 0 bridgehead atoms. The van der Waals surface area contributed by atoms with Crippen molar-refractivity contribution >= 4 is 0 Å². The molecule has 0 radical (unpaired) electrons. The first-order chi connectivity index (χ1) is 8.45. The van der Waals surface area contributed by atoms with Crippen molar-refractivity contribution < 1.29 is 14.2 Å². The van der Waals surface area contributed by atoms with Crippen LogP contribution in [-0.2, 0) is 0 Å². The van der Waals surface area contributed by atoms with Crippen molar-refractivity contribution in [3.8, 4) is 5.75 Å². The summed E-state index contributed by atoms with van der Waals surface area (Å²) in [5, 5.41) is 12.7. The molecule has 18 heavy (non-hydrogen) atoms. The molecule has 4 heteroatoms. The number of nitrogens with one attached hydrogen (secondary N) is 1. The van der Waals surface area contributed by atoms with Gasteiger partial charge in [-0.15, -0.1) is 0 Å². The molecule has 1 rings (SSSR count). The van der Waals surface area contributed by atoms with Crippen LogP contribution in [0.15, 0.2) is 24.3 Å². The SMILES string of the molecule is CC(C)NC(C)(CO)CCOc1ccc(F)cc1. The number of aliphatic hydroxyl groups is 1. The van der Waals surface area contributed by atoms with Gasteiger partial charge in [-0.1, -0.05) is 13.8 Å². The van der Waals surface area contributed by atoms with Crippen LogP contribution in [0.1, 0.15) is 27.2 Å². The maximum atomic E-state index is 12.7. The van der Waals surface area contributed by atoms with Gasteiger partial charge in [-0.25, -0.2) is 4.39 Å². The van der Waals surface area contributed by atoms with E-state index in [-0.39, 0.29) is 18.0 Å². The second kappa shape index (κ2) is 6.71. The van der Waals surface area contributed by atoms with Gasteiger partial charge >= 0.3 is 0 Å². The molecule has 2 N–H and O–H groups in total. The van der Waals surface area contributed by atoms with Crippen molar-refractivity contribution in [3.63, 3.8) is 0 Å². The van der Waals surface area contributed by atoms with E-state index in [9.17, 15) is 9.50 Å². The predicted octanol–water partition coefficient (Wildman–Crippen LogP) is 2.34. The Morgan fingerprint density at radius 1 is 1.33 bits per heavy atom. The Labute approximate surface area is 108 Å². The van der Waals surface area contributed by atoms with E-state index in [0.717, 1.165) is 0 Å². The number of hydrogen-bond donors (Lipinski definition) is 2. The van der Waals surface area contributed by atoms with Gasteiger partial charge in [0.2, 0.25) is 0 Å². The lowest BCUT2D eigenvalue weighted by Crippen LogP contribution is -2.49. The van der Waals surface area contributed by atoms with Crippen molar-refractivity contribution in [2.45, 2.75) is 38.8 Å². The van der Waals surface area contributed by atoms with Gasteiger partial charge in [0, 0.05) is 18.0 Å². The summed E-state index contributed by atoms with van der Waals surface area (Å²) in [5.41, 5.74) is -0.353. The Balaban J connectivity index is 2.41. The van der Waals surface area contributed by atoms with Crippen LogP contribution in [0.4, 0.5) is 4.39 Å². The van der Waals surface area contributed by atoms with Crippen LogP contribution < -0.4 is 10.1 Å². The molecule has 1 aromatic rings. The predicted molar refractivity (Wildman–Crippen MR) is 70.3 cm³/mol. The highest BCUT2D eigenvalue weighted by Crippen LogP contribution is 2.14. The molecule has 1 atom stereocenters. The minimum Gasteiger partial charge on any atom is -0.494 e. The molecule has 0 fully saturated rings. The average Bonchev–Trinajstić information content (AvgIpc) is 2.31. The fourth-order valence-corrected chi connectivity index (χ4v) is 1.82. The van der Waals surface area contributed by atoms with Gasteiger partial charge in [-0.2, -0.15) is 0 Å². The van der Waals surface area contributed by atoms with Crippen molar-refractivity contribution in [2.75, 3.05) is 13.2 Å². The highest BCUT2D eigenvalue weighted by atomic mass is 19.1. The van der Waals surface area contributed by atoms with E-state index < -0.39 is 0 Å². The lowest BCUT2D eigenvalue weighted by molar-refractivity contribution is 0.136. The molecule has 0 aromatic heterocycles. The van der Waals surface area contributed by atoms with Crippen LogP contribution in [-0.4, -0.2) is 29.9 Å². The monoisotopic (exact) mass is 255 g/mol. The Hall–Kier alpha value is -1.13. The third-order valence-electron chi connectivity index (χ3n) is 2.72. The minimum atomic E-state index is -0.353. The summed E-state index contributed by atoms with van der Waals surface area (Å²) in [4.78, 5) is 0. The fraction of sp³-hybridized carbons (Fsp3) is 0.571. The van der Waals surface area contributed by atoms with Gasteiger partial charge in [0.05, 0.1) is 13.2 Å². The molecule has 0 saturated carbocycles. The van der Waals surface area contributed by atoms with E-state index in [1.54, 1.807) is 12.1 Å². The summed E-state index contributed by atoms with van der Waals surface area (Å²) < 4.78 is 18.2. The third kappa shape index (κ3) is 5.02. The van der Waals surface area contributed by atoms with Gasteiger partial charge in [0.1, 0.15) is 11.6 Å². The fourth-order valence-electron chi connectivity index (χ4n) is 1.82. The van der Waals surface area contributed by atoms with Gasteiger partial charge in [0.15, 0.2) is 0 Å². The molecule has 1 unspecified atom stereocenters. The van der Waals surface area contributed by atoms with E-state index in [1.807, 2.05) is 20.8 Å². The van der Waals surface area contributed by atoms with Crippen molar-refractivity contribution in [3.05, 3.63) is 30.1 Å². The summed E-state index contributed by atoms with van der Waals surface area (Å²) in [5.74, 6) is 0.366. The van der Waals surface area contributed by atoms with Crippen molar-refractivity contribution in [2.24, 2.45) is 0 Å². The number of halogens is 1. The molecule has 3 nitrogen and oxygen atoms in total. The Kier molecular flexibility index (Phi) is 5.56. The van der Waals surface area contributed by atoms with E-state index in [2.05, 4.69) is 5.32 Å². The van der Waals surface area contributed by atoms with Crippen LogP contribution in [0.3, 0.4) is 0 Å². The first kappa shape index (κ1) is 14.9. The zero-order valence-electron chi connectivity index (χ0n) is 11.2. The summed E-state index contributed by atoms with van der Waals surface area (Å²) in [6.45, 7) is 6.56. The number of hydrogen-bond acceptors (Lipinski definition) is 3. The quantitative estimate of drug-likeness (QED) is 0.786. The van der Waals surface area contributed by atoms with E-state index in [1.165, 1.54) is 12.1 Å². The van der Waals surface area contributed by atoms with E-state index in [4.69, 9.17) is 4.74 Å². The molecule has 102 valence electrons. The van der Waals surface area contributed by atoms with Crippen LogP contribution in [0, 0.1) is 5.82 Å². The topological polar surface area (TPSA) is 41.5 Å². The summed E-state index contributed by atoms with van der Waals surface area (Å²) >= 11 is 0. The molecule has 0 heterocycles. The van der Waals surface area contributed by atoms with Crippen molar-refractivity contribution in [1.82, 2.24) is 5.32 Å². The second-order valence-electron chi connectivity index (χ2n) is 5.07. The molecule has 0 spiro atoms. The van der Waals surface area contributed by atoms with E-state index >= 15 is 0 Å². The van der Waals surface area contributed by atoms with Gasteiger partial charge in [0.25, 0.3) is 0 Å². The average molecular weight is 255 g/mol. The van der Waals surface area contributed by atoms with Crippen LogP contribution in [0.5, 0.6) is 5.75 Å². The normalized spacial score (nSPS) is 14.6. The zero-order chi connectivity index (χ0) is 13.6. The van der Waals surface area contributed by atoms with E-state index in [0.29, 0.717) is 24.8 Å². The molecule has 0 amide bonds. The van der Waals surface area contributed by atoms with Gasteiger partial charge < -0.3 is 15.2 Å². The zero-order valence-corrected chi connectivity index (χ0v) is 11.2. The molecule has 0 aliphatic carbocycles. The first-order valence-electron chi connectivity index (χ1n) is 6.22. The largest absolute Gasteiger partial charge is 0.494 e. The molecule has 0 saturated heterocycles. The number of ether oxygens (including phenoxy) is 1. The summed E-state index contributed by atoms with van der Waals surface area (Å²) in [6, 6.07) is 6.23. The lowest BCUT2D eigenvalue weighted by Gasteiger charge is -2.31. The van der Waals surface area contributed by atoms with Crippen LogP contribution >= 0.6 is 0 Å².